The number of nitrogens with one attached hydrogen (secondary N) is 1. The molecule has 7 heteroatoms. The molecule has 0 aliphatic rings. The van der Waals surface area contributed by atoms with E-state index in [0.717, 1.165) is 26.7 Å². The minimum Gasteiger partial charge on any atom is -0.349 e. The van der Waals surface area contributed by atoms with Crippen LogP contribution in [0.25, 0.3) is 21.1 Å². The lowest BCUT2D eigenvalue weighted by Crippen LogP contribution is -2.06. The van der Waals surface area contributed by atoms with Gasteiger partial charge >= 0.3 is 0 Å². The van der Waals surface area contributed by atoms with E-state index in [0.29, 0.717) is 12.5 Å². The maximum Gasteiger partial charge on any atom is 0.243 e. The van der Waals surface area contributed by atoms with Gasteiger partial charge < -0.3 is 5.32 Å². The summed E-state index contributed by atoms with van der Waals surface area (Å²) in [5.74, 6) is 0.516. The molecule has 1 N–H and O–H groups in total. The number of hydrogen-bond donors (Lipinski definition) is 1. The van der Waals surface area contributed by atoms with Crippen LogP contribution >= 0.6 is 22.7 Å². The third kappa shape index (κ3) is 3.17. The molecule has 0 aromatic carbocycles. The number of nitrogens with zero attached hydrogens (tertiary/aromatic N) is 4. The summed E-state index contributed by atoms with van der Waals surface area (Å²) in [6.07, 6.45) is 3.58. The Hall–Kier alpha value is -2.64. The zero-order valence-corrected chi connectivity index (χ0v) is 14.2. The van der Waals surface area contributed by atoms with Gasteiger partial charge in [0.05, 0.1) is 9.75 Å². The summed E-state index contributed by atoms with van der Waals surface area (Å²) in [7, 11) is 0. The van der Waals surface area contributed by atoms with Crippen LogP contribution in [0.3, 0.4) is 0 Å². The first kappa shape index (κ1) is 14.9. The zero-order valence-electron chi connectivity index (χ0n) is 12.6. The van der Waals surface area contributed by atoms with Crippen molar-refractivity contribution in [3.05, 3.63) is 65.1 Å². The third-order valence-corrected chi connectivity index (χ3v) is 5.12. The van der Waals surface area contributed by atoms with Crippen molar-refractivity contribution in [3.8, 4) is 21.1 Å². The highest BCUT2D eigenvalue weighted by atomic mass is 32.1. The van der Waals surface area contributed by atoms with Gasteiger partial charge in [-0.1, -0.05) is 18.2 Å². The van der Waals surface area contributed by atoms with Gasteiger partial charge in [-0.25, -0.2) is 4.98 Å². The molecule has 5 nitrogen and oxygen atoms in total. The molecule has 0 fully saturated rings. The van der Waals surface area contributed by atoms with Crippen LogP contribution in [0.1, 0.15) is 5.56 Å². The quantitative estimate of drug-likeness (QED) is 0.579. The van der Waals surface area contributed by atoms with E-state index in [-0.39, 0.29) is 0 Å². The number of anilines is 1. The molecule has 0 aliphatic heterocycles. The smallest absolute Gasteiger partial charge is 0.243 e. The zero-order chi connectivity index (χ0) is 16.2. The molecule has 0 atom stereocenters. The monoisotopic (exact) mass is 351 g/mol. The molecule has 24 heavy (non-hydrogen) atoms. The second-order valence-electron chi connectivity index (χ2n) is 5.00. The summed E-state index contributed by atoms with van der Waals surface area (Å²) < 4.78 is 0. The highest BCUT2D eigenvalue weighted by Gasteiger charge is 2.15. The second kappa shape index (κ2) is 6.86. The van der Waals surface area contributed by atoms with Crippen LogP contribution in [0.4, 0.5) is 5.95 Å². The molecule has 4 rings (SSSR count). The van der Waals surface area contributed by atoms with E-state index in [9.17, 15) is 0 Å². The molecular weight excluding hydrogens is 338 g/mol. The summed E-state index contributed by atoms with van der Waals surface area (Å²) in [6, 6.07) is 12.0. The minimum atomic E-state index is 0.516. The Kier molecular flexibility index (Phi) is 4.26. The van der Waals surface area contributed by atoms with E-state index in [2.05, 4.69) is 26.6 Å². The van der Waals surface area contributed by atoms with Gasteiger partial charge in [0.2, 0.25) is 5.95 Å². The standard InChI is InChI=1S/C17H13N5S2/c1-4-12(10-18-7-1)11-19-17-20-15(13-5-2-8-23-13)16(21-22-17)14-6-3-9-24-14/h1-10H,11H2,(H,19,20,22). The highest BCUT2D eigenvalue weighted by molar-refractivity contribution is 7.14. The Morgan fingerprint density at radius 2 is 1.67 bits per heavy atom. The molecule has 0 radical (unpaired) electrons. The molecule has 0 spiro atoms. The summed E-state index contributed by atoms with van der Waals surface area (Å²) in [6.45, 7) is 0.609. The first-order chi connectivity index (χ1) is 11.9. The van der Waals surface area contributed by atoms with Gasteiger partial charge in [0.1, 0.15) is 11.4 Å². The molecule has 0 unspecified atom stereocenters. The first-order valence-electron chi connectivity index (χ1n) is 7.35. The van der Waals surface area contributed by atoms with Gasteiger partial charge in [-0.3, -0.25) is 4.98 Å². The van der Waals surface area contributed by atoms with Crippen LogP contribution in [-0.4, -0.2) is 20.2 Å². The largest absolute Gasteiger partial charge is 0.349 e. The molecule has 4 aromatic heterocycles. The van der Waals surface area contributed by atoms with E-state index in [1.54, 1.807) is 28.9 Å². The molecule has 0 bridgehead atoms. The molecule has 4 aromatic rings. The maximum absolute atomic E-state index is 4.70. The van der Waals surface area contributed by atoms with Crippen molar-refractivity contribution < 1.29 is 0 Å². The summed E-state index contributed by atoms with van der Waals surface area (Å²) >= 11 is 3.28. The van der Waals surface area contributed by atoms with Crippen molar-refractivity contribution in [2.75, 3.05) is 5.32 Å². The van der Waals surface area contributed by atoms with Crippen LogP contribution in [0.5, 0.6) is 0 Å². The average Bonchev–Trinajstić information content (AvgIpc) is 3.34. The fraction of sp³-hybridized carbons (Fsp3) is 0.0588. The van der Waals surface area contributed by atoms with E-state index in [4.69, 9.17) is 4.98 Å². The van der Waals surface area contributed by atoms with E-state index in [1.807, 2.05) is 47.3 Å². The fourth-order valence-electron chi connectivity index (χ4n) is 2.25. The van der Waals surface area contributed by atoms with Crippen molar-refractivity contribution >= 4 is 28.6 Å². The fourth-order valence-corrected chi connectivity index (χ4v) is 3.67. The van der Waals surface area contributed by atoms with Crippen molar-refractivity contribution in [2.45, 2.75) is 6.54 Å². The molecule has 0 amide bonds. The van der Waals surface area contributed by atoms with Gasteiger partial charge in [0, 0.05) is 18.9 Å². The van der Waals surface area contributed by atoms with Crippen molar-refractivity contribution in [2.24, 2.45) is 0 Å². The summed E-state index contributed by atoms with van der Waals surface area (Å²) in [4.78, 5) is 11.0. The van der Waals surface area contributed by atoms with Gasteiger partial charge in [-0.15, -0.1) is 32.9 Å². The van der Waals surface area contributed by atoms with Gasteiger partial charge in [-0.2, -0.15) is 0 Å². The topological polar surface area (TPSA) is 63.6 Å². The number of hydrogen-bond acceptors (Lipinski definition) is 7. The second-order valence-corrected chi connectivity index (χ2v) is 6.90. The van der Waals surface area contributed by atoms with Crippen molar-refractivity contribution in [1.29, 1.82) is 0 Å². The lowest BCUT2D eigenvalue weighted by atomic mass is 10.2. The first-order valence-corrected chi connectivity index (χ1v) is 9.11. The van der Waals surface area contributed by atoms with Gasteiger partial charge in [0.25, 0.3) is 0 Å². The van der Waals surface area contributed by atoms with Crippen molar-refractivity contribution in [1.82, 2.24) is 20.2 Å². The Labute approximate surface area is 147 Å². The SMILES string of the molecule is c1cncc(CNc2nnc(-c3cccs3)c(-c3cccs3)n2)c1. The number of pyridine rings is 1. The normalized spacial score (nSPS) is 10.7. The molecule has 4 heterocycles. The average molecular weight is 351 g/mol. The summed E-state index contributed by atoms with van der Waals surface area (Å²) in [5, 5.41) is 15.9. The summed E-state index contributed by atoms with van der Waals surface area (Å²) in [5.41, 5.74) is 2.75. The Morgan fingerprint density at radius 3 is 2.33 bits per heavy atom. The van der Waals surface area contributed by atoms with Crippen LogP contribution in [0.15, 0.2) is 59.6 Å². The number of rotatable bonds is 5. The van der Waals surface area contributed by atoms with Gasteiger partial charge in [0.15, 0.2) is 0 Å². The van der Waals surface area contributed by atoms with Crippen LogP contribution < -0.4 is 5.32 Å². The van der Waals surface area contributed by atoms with Crippen LogP contribution in [0, 0.1) is 0 Å². The molecule has 0 saturated carbocycles. The van der Waals surface area contributed by atoms with E-state index in [1.165, 1.54) is 0 Å². The predicted molar refractivity (Wildman–Crippen MR) is 98.0 cm³/mol. The lowest BCUT2D eigenvalue weighted by molar-refractivity contribution is 0.955. The maximum atomic E-state index is 4.70. The minimum absolute atomic E-state index is 0.516. The molecule has 118 valence electrons. The van der Waals surface area contributed by atoms with Crippen molar-refractivity contribution in [3.63, 3.8) is 0 Å². The van der Waals surface area contributed by atoms with Crippen LogP contribution in [0.2, 0.25) is 0 Å². The Balaban J connectivity index is 1.66. The highest BCUT2D eigenvalue weighted by Crippen LogP contribution is 2.33. The molecule has 0 aliphatic carbocycles. The molecule has 0 saturated heterocycles. The predicted octanol–water partition coefficient (Wildman–Crippen LogP) is 4.34. The van der Waals surface area contributed by atoms with Crippen LogP contribution in [-0.2, 0) is 6.54 Å². The van der Waals surface area contributed by atoms with Gasteiger partial charge in [-0.05, 0) is 34.5 Å². The number of thiophene rings is 2. The Bertz CT molecular complexity index is 906. The number of aromatic nitrogens is 4. The third-order valence-electron chi connectivity index (χ3n) is 3.37. The van der Waals surface area contributed by atoms with E-state index < -0.39 is 0 Å². The van der Waals surface area contributed by atoms with E-state index >= 15 is 0 Å². The lowest BCUT2D eigenvalue weighted by Gasteiger charge is -2.08. The molecular formula is C17H13N5S2. The Morgan fingerprint density at radius 1 is 0.875 bits per heavy atom.